The van der Waals surface area contributed by atoms with Gasteiger partial charge < -0.3 is 10.6 Å². The number of alkyl halides is 3. The third kappa shape index (κ3) is 5.35. The molecule has 0 fully saturated rings. The summed E-state index contributed by atoms with van der Waals surface area (Å²) in [5.74, 6) is -0.917. The monoisotopic (exact) mass is 510 g/mol. The molecule has 2 N–H and O–H groups in total. The first-order chi connectivity index (χ1) is 13.7. The van der Waals surface area contributed by atoms with Crippen molar-refractivity contribution in [3.63, 3.8) is 0 Å². The summed E-state index contributed by atoms with van der Waals surface area (Å²) in [4.78, 5) is 24.8. The van der Waals surface area contributed by atoms with Crippen molar-refractivity contribution < 1.29 is 22.8 Å². The molecule has 3 aromatic rings. The SMILES string of the molecule is O=C(Nc1cccc(C(F)(F)F)c1)c1cccc(NC(=O)c2ccccc2I)c1. The van der Waals surface area contributed by atoms with Crippen LogP contribution >= 0.6 is 22.6 Å². The zero-order chi connectivity index (χ0) is 21.0. The second-order valence-electron chi connectivity index (χ2n) is 6.05. The van der Waals surface area contributed by atoms with Gasteiger partial charge in [0, 0.05) is 20.5 Å². The van der Waals surface area contributed by atoms with E-state index < -0.39 is 17.6 Å². The van der Waals surface area contributed by atoms with Gasteiger partial charge >= 0.3 is 6.18 Å². The molecule has 0 radical (unpaired) electrons. The number of benzene rings is 3. The van der Waals surface area contributed by atoms with E-state index >= 15 is 0 Å². The molecule has 0 aliphatic carbocycles. The summed E-state index contributed by atoms with van der Waals surface area (Å²) in [7, 11) is 0. The summed E-state index contributed by atoms with van der Waals surface area (Å²) in [6.07, 6.45) is -4.50. The zero-order valence-electron chi connectivity index (χ0n) is 14.8. The molecule has 3 rings (SSSR count). The molecule has 0 aromatic heterocycles. The van der Waals surface area contributed by atoms with Crippen LogP contribution in [0.5, 0.6) is 0 Å². The lowest BCUT2D eigenvalue weighted by Gasteiger charge is -2.11. The predicted octanol–water partition coefficient (Wildman–Crippen LogP) is 5.81. The quantitative estimate of drug-likeness (QED) is 0.435. The van der Waals surface area contributed by atoms with Gasteiger partial charge in [-0.15, -0.1) is 0 Å². The molecule has 29 heavy (non-hydrogen) atoms. The maximum atomic E-state index is 12.8. The van der Waals surface area contributed by atoms with E-state index in [4.69, 9.17) is 0 Å². The highest BCUT2D eigenvalue weighted by Gasteiger charge is 2.30. The van der Waals surface area contributed by atoms with Gasteiger partial charge in [-0.25, -0.2) is 0 Å². The summed E-state index contributed by atoms with van der Waals surface area (Å²) in [6, 6.07) is 17.6. The number of anilines is 2. The Balaban J connectivity index is 1.75. The van der Waals surface area contributed by atoms with E-state index in [9.17, 15) is 22.8 Å². The van der Waals surface area contributed by atoms with Gasteiger partial charge in [0.15, 0.2) is 0 Å². The van der Waals surface area contributed by atoms with Gasteiger partial charge in [-0.3, -0.25) is 9.59 Å². The molecule has 4 nitrogen and oxygen atoms in total. The molecule has 0 spiro atoms. The van der Waals surface area contributed by atoms with Gasteiger partial charge in [-0.2, -0.15) is 13.2 Å². The van der Waals surface area contributed by atoms with Crippen LogP contribution < -0.4 is 10.6 Å². The Morgan fingerprint density at radius 2 is 1.38 bits per heavy atom. The second kappa shape index (κ2) is 8.64. The number of hydrogen-bond acceptors (Lipinski definition) is 2. The number of carbonyl (C=O) groups excluding carboxylic acids is 2. The first-order valence-corrected chi connectivity index (χ1v) is 9.46. The maximum Gasteiger partial charge on any atom is 0.416 e. The molecule has 8 heteroatoms. The molecule has 3 aromatic carbocycles. The first-order valence-electron chi connectivity index (χ1n) is 8.38. The fourth-order valence-electron chi connectivity index (χ4n) is 2.56. The number of halogens is 4. The summed E-state index contributed by atoms with van der Waals surface area (Å²) < 4.78 is 39.2. The van der Waals surface area contributed by atoms with Crippen LogP contribution in [0.4, 0.5) is 24.5 Å². The highest BCUT2D eigenvalue weighted by atomic mass is 127. The van der Waals surface area contributed by atoms with Crippen LogP contribution in [0.1, 0.15) is 26.3 Å². The molecule has 148 valence electrons. The highest BCUT2D eigenvalue weighted by Crippen LogP contribution is 2.30. The van der Waals surface area contributed by atoms with Crippen molar-refractivity contribution in [3.05, 3.63) is 93.1 Å². The molecule has 0 aliphatic rings. The van der Waals surface area contributed by atoms with Crippen molar-refractivity contribution in [2.24, 2.45) is 0 Å². The third-order valence-electron chi connectivity index (χ3n) is 3.95. The van der Waals surface area contributed by atoms with Gasteiger partial charge in [-0.1, -0.05) is 24.3 Å². The van der Waals surface area contributed by atoms with Gasteiger partial charge in [-0.05, 0) is 71.1 Å². The minimum atomic E-state index is -4.50. The standard InChI is InChI=1S/C21H14F3IN2O2/c22-21(23,24)14-6-4-8-16(12-14)26-19(28)13-5-3-7-15(11-13)27-20(29)17-9-1-2-10-18(17)25/h1-12H,(H,26,28)(H,27,29). The minimum absolute atomic E-state index is 0.0260. The van der Waals surface area contributed by atoms with Crippen molar-refractivity contribution in [1.29, 1.82) is 0 Å². The Morgan fingerprint density at radius 3 is 2.07 bits per heavy atom. The molecular weight excluding hydrogens is 496 g/mol. The second-order valence-corrected chi connectivity index (χ2v) is 7.21. The average molecular weight is 510 g/mol. The molecular formula is C21H14F3IN2O2. The summed E-state index contributed by atoms with van der Waals surface area (Å²) >= 11 is 2.05. The summed E-state index contributed by atoms with van der Waals surface area (Å²) in [5.41, 5.74) is 0.258. The van der Waals surface area contributed by atoms with Crippen LogP contribution in [0.15, 0.2) is 72.8 Å². The van der Waals surface area contributed by atoms with Crippen molar-refractivity contribution >= 4 is 45.8 Å². The normalized spacial score (nSPS) is 11.0. The van der Waals surface area contributed by atoms with Crippen LogP contribution in [-0.4, -0.2) is 11.8 Å². The van der Waals surface area contributed by atoms with Crippen molar-refractivity contribution in [2.75, 3.05) is 10.6 Å². The maximum absolute atomic E-state index is 12.8. The summed E-state index contributed by atoms with van der Waals surface area (Å²) in [6.45, 7) is 0. The van der Waals surface area contributed by atoms with Crippen LogP contribution in [0.3, 0.4) is 0 Å². The lowest BCUT2D eigenvalue weighted by molar-refractivity contribution is -0.137. The molecule has 0 atom stereocenters. The number of hydrogen-bond donors (Lipinski definition) is 2. The lowest BCUT2D eigenvalue weighted by atomic mass is 10.1. The van der Waals surface area contributed by atoms with Crippen molar-refractivity contribution in [3.8, 4) is 0 Å². The Labute approximate surface area is 178 Å². The average Bonchev–Trinajstić information content (AvgIpc) is 2.68. The molecule has 0 saturated heterocycles. The van der Waals surface area contributed by atoms with E-state index in [1.54, 1.807) is 30.3 Å². The lowest BCUT2D eigenvalue weighted by Crippen LogP contribution is -2.15. The predicted molar refractivity (Wildman–Crippen MR) is 113 cm³/mol. The number of rotatable bonds is 4. The third-order valence-corrected chi connectivity index (χ3v) is 4.89. The van der Waals surface area contributed by atoms with Crippen LogP contribution in [0.2, 0.25) is 0 Å². The first kappa shape index (κ1) is 20.8. The highest BCUT2D eigenvalue weighted by molar-refractivity contribution is 14.1. The van der Waals surface area contributed by atoms with Crippen LogP contribution in [0.25, 0.3) is 0 Å². The Morgan fingerprint density at radius 1 is 0.759 bits per heavy atom. The van der Waals surface area contributed by atoms with Gasteiger partial charge in [0.05, 0.1) is 11.1 Å². The Kier molecular flexibility index (Phi) is 6.21. The topological polar surface area (TPSA) is 58.2 Å². The van der Waals surface area contributed by atoms with Crippen molar-refractivity contribution in [2.45, 2.75) is 6.18 Å². The van der Waals surface area contributed by atoms with Crippen molar-refractivity contribution in [1.82, 2.24) is 0 Å². The fraction of sp³-hybridized carbons (Fsp3) is 0.0476. The van der Waals surface area contributed by atoms with E-state index in [2.05, 4.69) is 33.2 Å². The smallest absolute Gasteiger partial charge is 0.322 e. The largest absolute Gasteiger partial charge is 0.416 e. The Bertz CT molecular complexity index is 1070. The fourth-order valence-corrected chi connectivity index (χ4v) is 3.19. The van der Waals surface area contributed by atoms with Crippen LogP contribution in [-0.2, 0) is 6.18 Å². The van der Waals surface area contributed by atoms with Gasteiger partial charge in [0.25, 0.3) is 11.8 Å². The number of carbonyl (C=O) groups is 2. The molecule has 0 unspecified atom stereocenters. The number of nitrogens with one attached hydrogen (secondary N) is 2. The minimum Gasteiger partial charge on any atom is -0.322 e. The van der Waals surface area contributed by atoms with Gasteiger partial charge in [0.1, 0.15) is 0 Å². The van der Waals surface area contributed by atoms with E-state index in [0.717, 1.165) is 15.7 Å². The van der Waals surface area contributed by atoms with E-state index in [0.29, 0.717) is 11.3 Å². The molecule has 0 bridgehead atoms. The number of amides is 2. The molecule has 0 aliphatic heterocycles. The van der Waals surface area contributed by atoms with E-state index in [-0.39, 0.29) is 17.2 Å². The van der Waals surface area contributed by atoms with E-state index in [1.165, 1.54) is 24.3 Å². The molecule has 2 amide bonds. The Hall–Kier alpha value is -2.88. The van der Waals surface area contributed by atoms with Gasteiger partial charge in [0.2, 0.25) is 0 Å². The zero-order valence-corrected chi connectivity index (χ0v) is 16.9. The van der Waals surface area contributed by atoms with Crippen LogP contribution in [0, 0.1) is 3.57 Å². The molecule has 0 saturated carbocycles. The summed E-state index contributed by atoms with van der Waals surface area (Å²) in [5, 5.41) is 5.15. The van der Waals surface area contributed by atoms with E-state index in [1.807, 2.05) is 6.07 Å². The molecule has 0 heterocycles.